The molecular formula is C8H5BrClFN2O2. The quantitative estimate of drug-likeness (QED) is 0.781. The largest absolute Gasteiger partial charge is 0.503 e. The molecule has 80 valence electrons. The molecule has 2 N–H and O–H groups in total. The van der Waals surface area contributed by atoms with Crippen LogP contribution in [0.3, 0.4) is 0 Å². The molecule has 7 heteroatoms. The molecule has 0 aliphatic carbocycles. The summed E-state index contributed by atoms with van der Waals surface area (Å²) in [5, 5.41) is 9.07. The summed E-state index contributed by atoms with van der Waals surface area (Å²) in [6.45, 7) is 0. The Bertz CT molecular complexity index is 572. The zero-order chi connectivity index (χ0) is 10.3. The van der Waals surface area contributed by atoms with Crippen LogP contribution in [-0.2, 0) is 0 Å². The SMILES string of the molecule is Br.O=c1[nH]c2ncc(F)c(Cl)c2cc1O. The van der Waals surface area contributed by atoms with Crippen molar-refractivity contribution in [1.29, 1.82) is 0 Å². The first kappa shape index (κ1) is 11.9. The number of nitrogens with zero attached hydrogens (tertiary/aromatic N) is 1. The van der Waals surface area contributed by atoms with Gasteiger partial charge in [0.25, 0.3) is 5.56 Å². The van der Waals surface area contributed by atoms with Crippen LogP contribution in [0.15, 0.2) is 17.1 Å². The second-order valence-corrected chi connectivity index (χ2v) is 3.04. The molecule has 0 saturated heterocycles. The van der Waals surface area contributed by atoms with E-state index < -0.39 is 17.1 Å². The summed E-state index contributed by atoms with van der Waals surface area (Å²) < 4.78 is 12.9. The highest BCUT2D eigenvalue weighted by molar-refractivity contribution is 8.93. The molecule has 0 spiro atoms. The van der Waals surface area contributed by atoms with Gasteiger partial charge < -0.3 is 10.1 Å². The minimum absolute atomic E-state index is 0. The highest BCUT2D eigenvalue weighted by Crippen LogP contribution is 2.24. The Kier molecular flexibility index (Phi) is 3.31. The summed E-state index contributed by atoms with van der Waals surface area (Å²) in [6.07, 6.45) is 0.900. The maximum absolute atomic E-state index is 12.9. The normalized spacial score (nSPS) is 10.0. The summed E-state index contributed by atoms with van der Waals surface area (Å²) >= 11 is 5.60. The predicted octanol–water partition coefficient (Wildman–Crippen LogP) is 2.00. The van der Waals surface area contributed by atoms with Crippen molar-refractivity contribution >= 4 is 39.6 Å². The number of fused-ring (bicyclic) bond motifs is 1. The van der Waals surface area contributed by atoms with Gasteiger partial charge in [-0.3, -0.25) is 4.79 Å². The molecule has 2 aromatic rings. The van der Waals surface area contributed by atoms with Crippen LogP contribution < -0.4 is 5.56 Å². The molecule has 0 aromatic carbocycles. The third-order valence-corrected chi connectivity index (χ3v) is 2.14. The molecule has 0 bridgehead atoms. The summed E-state index contributed by atoms with van der Waals surface area (Å²) in [5.41, 5.74) is -0.549. The maximum Gasteiger partial charge on any atom is 0.291 e. The second-order valence-electron chi connectivity index (χ2n) is 2.67. The fraction of sp³-hybridized carbons (Fsp3) is 0. The minimum Gasteiger partial charge on any atom is -0.503 e. The van der Waals surface area contributed by atoms with Crippen LogP contribution in [0, 0.1) is 5.82 Å². The second kappa shape index (κ2) is 4.16. The van der Waals surface area contributed by atoms with E-state index in [0.717, 1.165) is 12.3 Å². The Morgan fingerprint density at radius 1 is 1.53 bits per heavy atom. The molecule has 0 radical (unpaired) electrons. The molecular weight excluding hydrogens is 290 g/mol. The lowest BCUT2D eigenvalue weighted by Crippen LogP contribution is -2.05. The third-order valence-electron chi connectivity index (χ3n) is 1.75. The summed E-state index contributed by atoms with van der Waals surface area (Å²) in [4.78, 5) is 16.8. The van der Waals surface area contributed by atoms with Crippen LogP contribution in [0.4, 0.5) is 4.39 Å². The number of nitrogens with one attached hydrogen (secondary N) is 1. The van der Waals surface area contributed by atoms with Gasteiger partial charge in [-0.15, -0.1) is 17.0 Å². The molecule has 0 fully saturated rings. The van der Waals surface area contributed by atoms with E-state index in [-0.39, 0.29) is 33.0 Å². The van der Waals surface area contributed by atoms with E-state index in [1.807, 2.05) is 0 Å². The fourth-order valence-electron chi connectivity index (χ4n) is 1.09. The van der Waals surface area contributed by atoms with Gasteiger partial charge >= 0.3 is 0 Å². The van der Waals surface area contributed by atoms with Gasteiger partial charge in [0.1, 0.15) is 5.65 Å². The van der Waals surface area contributed by atoms with Gasteiger partial charge in [-0.05, 0) is 6.07 Å². The van der Waals surface area contributed by atoms with E-state index in [1.165, 1.54) is 0 Å². The molecule has 4 nitrogen and oxygen atoms in total. The van der Waals surface area contributed by atoms with Gasteiger partial charge in [-0.1, -0.05) is 11.6 Å². The Morgan fingerprint density at radius 3 is 2.87 bits per heavy atom. The number of hydrogen-bond donors (Lipinski definition) is 2. The Morgan fingerprint density at radius 2 is 2.20 bits per heavy atom. The van der Waals surface area contributed by atoms with Crippen molar-refractivity contribution in [2.75, 3.05) is 0 Å². The van der Waals surface area contributed by atoms with E-state index in [4.69, 9.17) is 16.7 Å². The van der Waals surface area contributed by atoms with Crippen molar-refractivity contribution in [3.63, 3.8) is 0 Å². The van der Waals surface area contributed by atoms with E-state index >= 15 is 0 Å². The van der Waals surface area contributed by atoms with Gasteiger partial charge in [-0.25, -0.2) is 9.37 Å². The lowest BCUT2D eigenvalue weighted by Gasteiger charge is -2.00. The smallest absolute Gasteiger partial charge is 0.291 e. The average Bonchev–Trinajstić information content (AvgIpc) is 2.15. The molecule has 15 heavy (non-hydrogen) atoms. The predicted molar refractivity (Wildman–Crippen MR) is 59.3 cm³/mol. The molecule has 0 aliphatic heterocycles. The highest BCUT2D eigenvalue weighted by Gasteiger charge is 2.09. The molecule has 0 unspecified atom stereocenters. The van der Waals surface area contributed by atoms with Crippen molar-refractivity contribution in [3.05, 3.63) is 33.5 Å². The van der Waals surface area contributed by atoms with Gasteiger partial charge in [0.05, 0.1) is 11.2 Å². The van der Waals surface area contributed by atoms with E-state index in [0.29, 0.717) is 0 Å². The Labute approximate surface area is 98.5 Å². The minimum atomic E-state index is -0.703. The summed E-state index contributed by atoms with van der Waals surface area (Å²) in [6, 6.07) is 1.08. The average molecular weight is 295 g/mol. The van der Waals surface area contributed by atoms with Crippen LogP contribution in [0.1, 0.15) is 0 Å². The van der Waals surface area contributed by atoms with Crippen molar-refractivity contribution in [3.8, 4) is 5.75 Å². The van der Waals surface area contributed by atoms with Crippen LogP contribution in [-0.4, -0.2) is 15.1 Å². The van der Waals surface area contributed by atoms with Crippen molar-refractivity contribution in [2.45, 2.75) is 0 Å². The van der Waals surface area contributed by atoms with E-state index in [1.54, 1.807) is 0 Å². The first-order chi connectivity index (χ1) is 6.59. The van der Waals surface area contributed by atoms with E-state index in [9.17, 15) is 9.18 Å². The van der Waals surface area contributed by atoms with E-state index in [2.05, 4.69) is 9.97 Å². The molecule has 0 amide bonds. The van der Waals surface area contributed by atoms with Gasteiger partial charge in [0.2, 0.25) is 0 Å². The van der Waals surface area contributed by atoms with Crippen LogP contribution in [0.2, 0.25) is 5.02 Å². The molecule has 0 saturated carbocycles. The van der Waals surface area contributed by atoms with Crippen LogP contribution in [0.5, 0.6) is 5.75 Å². The first-order valence-corrected chi connectivity index (χ1v) is 4.03. The highest BCUT2D eigenvalue weighted by atomic mass is 79.9. The summed E-state index contributed by atoms with van der Waals surface area (Å²) in [5.74, 6) is -1.22. The Hall–Kier alpha value is -1.14. The number of hydrogen-bond acceptors (Lipinski definition) is 3. The lowest BCUT2D eigenvalue weighted by atomic mass is 10.3. The zero-order valence-corrected chi connectivity index (χ0v) is 9.59. The van der Waals surface area contributed by atoms with Crippen molar-refractivity contribution < 1.29 is 9.50 Å². The third kappa shape index (κ3) is 1.95. The number of aromatic nitrogens is 2. The lowest BCUT2D eigenvalue weighted by molar-refractivity contribution is 0.468. The number of halogens is 3. The number of pyridine rings is 2. The number of aromatic amines is 1. The molecule has 2 heterocycles. The summed E-state index contributed by atoms with van der Waals surface area (Å²) in [7, 11) is 0. The number of H-pyrrole nitrogens is 1. The van der Waals surface area contributed by atoms with Crippen molar-refractivity contribution in [1.82, 2.24) is 9.97 Å². The Balaban J connectivity index is 0.00000112. The molecule has 0 atom stereocenters. The van der Waals surface area contributed by atoms with Gasteiger partial charge in [0.15, 0.2) is 11.6 Å². The number of aromatic hydroxyl groups is 1. The monoisotopic (exact) mass is 294 g/mol. The topological polar surface area (TPSA) is 66.0 Å². The molecule has 2 aromatic heterocycles. The van der Waals surface area contributed by atoms with Gasteiger partial charge in [0, 0.05) is 5.39 Å². The zero-order valence-electron chi connectivity index (χ0n) is 7.12. The molecule has 0 aliphatic rings. The van der Waals surface area contributed by atoms with Crippen LogP contribution in [0.25, 0.3) is 11.0 Å². The van der Waals surface area contributed by atoms with Gasteiger partial charge in [-0.2, -0.15) is 0 Å². The standard InChI is InChI=1S/C8H4ClFN2O2.BrH/c9-6-3-1-5(13)8(14)12-7(3)11-2-4(6)10;/h1-2,13H,(H,11,12,14);1H. The number of rotatable bonds is 0. The van der Waals surface area contributed by atoms with Crippen molar-refractivity contribution in [2.24, 2.45) is 0 Å². The van der Waals surface area contributed by atoms with Crippen LogP contribution >= 0.6 is 28.6 Å². The fourth-order valence-corrected chi connectivity index (χ4v) is 1.28. The maximum atomic E-state index is 12.9. The first-order valence-electron chi connectivity index (χ1n) is 3.65. The molecule has 2 rings (SSSR count).